The van der Waals surface area contributed by atoms with Gasteiger partial charge in [-0.15, -0.1) is 0 Å². The summed E-state index contributed by atoms with van der Waals surface area (Å²) in [5.41, 5.74) is 0.882. The highest BCUT2D eigenvalue weighted by molar-refractivity contribution is 7.89. The highest BCUT2D eigenvalue weighted by atomic mass is 35.5. The Bertz CT molecular complexity index is 748. The summed E-state index contributed by atoms with van der Waals surface area (Å²) >= 11 is 6.01. The summed E-state index contributed by atoms with van der Waals surface area (Å²) in [4.78, 5) is 0.0293. The quantitative estimate of drug-likeness (QED) is 0.877. The molecule has 4 nitrogen and oxygen atoms in total. The van der Waals surface area contributed by atoms with Crippen LogP contribution in [0.15, 0.2) is 47.4 Å². The zero-order valence-corrected chi connectivity index (χ0v) is 13.4. The number of benzene rings is 2. The Morgan fingerprint density at radius 3 is 2.45 bits per heavy atom. The number of methoxy groups -OCH3 is 1. The lowest BCUT2D eigenvalue weighted by molar-refractivity contribution is 0.415. The average molecular weight is 344 g/mol. The van der Waals surface area contributed by atoms with Crippen molar-refractivity contribution in [1.82, 2.24) is 4.72 Å². The minimum Gasteiger partial charge on any atom is -0.495 e. The lowest BCUT2D eigenvalue weighted by Crippen LogP contribution is -2.26. The molecule has 0 unspecified atom stereocenters. The van der Waals surface area contributed by atoms with E-state index in [9.17, 15) is 12.8 Å². The summed E-state index contributed by atoms with van der Waals surface area (Å²) in [6.45, 7) is 0.211. The summed E-state index contributed by atoms with van der Waals surface area (Å²) < 4.78 is 44.4. The molecule has 118 valence electrons. The molecule has 0 aromatic heterocycles. The number of sulfonamides is 1. The number of ether oxygens (including phenoxy) is 1. The second-order valence-corrected chi connectivity index (χ2v) is 6.74. The first kappa shape index (κ1) is 16.7. The Hall–Kier alpha value is -1.63. The zero-order chi connectivity index (χ0) is 16.2. The van der Waals surface area contributed by atoms with E-state index in [1.807, 2.05) is 6.07 Å². The topological polar surface area (TPSA) is 55.4 Å². The highest BCUT2D eigenvalue weighted by Gasteiger charge is 2.13. The van der Waals surface area contributed by atoms with Gasteiger partial charge in [0.1, 0.15) is 11.6 Å². The Balaban J connectivity index is 1.98. The lowest BCUT2D eigenvalue weighted by atomic mass is 10.1. The second kappa shape index (κ2) is 7.09. The van der Waals surface area contributed by atoms with Crippen molar-refractivity contribution < 1.29 is 17.5 Å². The van der Waals surface area contributed by atoms with Crippen molar-refractivity contribution in [2.75, 3.05) is 13.7 Å². The molecule has 0 aliphatic carbocycles. The van der Waals surface area contributed by atoms with Crippen molar-refractivity contribution in [2.45, 2.75) is 11.3 Å². The van der Waals surface area contributed by atoms with Crippen LogP contribution in [0.1, 0.15) is 5.56 Å². The monoisotopic (exact) mass is 343 g/mol. The predicted molar refractivity (Wildman–Crippen MR) is 83.3 cm³/mol. The maximum absolute atomic E-state index is 12.8. The summed E-state index contributed by atoms with van der Waals surface area (Å²) in [6, 6.07) is 9.94. The van der Waals surface area contributed by atoms with Crippen molar-refractivity contribution in [3.05, 3.63) is 58.9 Å². The van der Waals surface area contributed by atoms with Crippen LogP contribution in [-0.2, 0) is 16.4 Å². The van der Waals surface area contributed by atoms with Crippen molar-refractivity contribution in [3.8, 4) is 5.75 Å². The van der Waals surface area contributed by atoms with Crippen molar-refractivity contribution in [3.63, 3.8) is 0 Å². The molecule has 0 atom stereocenters. The number of hydrogen-bond donors (Lipinski definition) is 1. The van der Waals surface area contributed by atoms with Crippen LogP contribution in [0, 0.1) is 5.82 Å². The van der Waals surface area contributed by atoms with Gasteiger partial charge in [0.05, 0.1) is 17.0 Å². The SMILES string of the molecule is COc1ccc(CCNS(=O)(=O)c2ccc(F)cc2)cc1Cl. The van der Waals surface area contributed by atoms with Crippen LogP contribution in [0.25, 0.3) is 0 Å². The maximum Gasteiger partial charge on any atom is 0.240 e. The third-order valence-corrected chi connectivity index (χ3v) is 4.82. The Morgan fingerprint density at radius 1 is 1.18 bits per heavy atom. The van der Waals surface area contributed by atoms with E-state index in [0.29, 0.717) is 17.2 Å². The first-order valence-corrected chi connectivity index (χ1v) is 8.36. The fraction of sp³-hybridized carbons (Fsp3) is 0.200. The van der Waals surface area contributed by atoms with Gasteiger partial charge in [-0.2, -0.15) is 0 Å². The van der Waals surface area contributed by atoms with E-state index in [4.69, 9.17) is 16.3 Å². The third-order valence-electron chi connectivity index (χ3n) is 3.05. The molecule has 2 rings (SSSR count). The molecular formula is C15H15ClFNO3S. The molecule has 0 fully saturated rings. The fourth-order valence-corrected chi connectivity index (χ4v) is 3.20. The molecule has 0 radical (unpaired) electrons. The summed E-state index contributed by atoms with van der Waals surface area (Å²) in [5.74, 6) is 0.0872. The minimum atomic E-state index is -3.64. The molecule has 0 aliphatic rings. The van der Waals surface area contributed by atoms with Crippen LogP contribution in [0.5, 0.6) is 5.75 Å². The number of hydrogen-bond acceptors (Lipinski definition) is 3. The van der Waals surface area contributed by atoms with Gasteiger partial charge >= 0.3 is 0 Å². The van der Waals surface area contributed by atoms with E-state index in [-0.39, 0.29) is 11.4 Å². The van der Waals surface area contributed by atoms with E-state index < -0.39 is 15.8 Å². The molecule has 0 spiro atoms. The Morgan fingerprint density at radius 2 is 1.86 bits per heavy atom. The molecule has 0 aliphatic heterocycles. The molecule has 0 bridgehead atoms. The maximum atomic E-state index is 12.8. The van der Waals surface area contributed by atoms with Gasteiger partial charge in [0.25, 0.3) is 0 Å². The van der Waals surface area contributed by atoms with Crippen LogP contribution in [0.4, 0.5) is 4.39 Å². The number of nitrogens with one attached hydrogen (secondary N) is 1. The van der Waals surface area contributed by atoms with Crippen LogP contribution < -0.4 is 9.46 Å². The van der Waals surface area contributed by atoms with E-state index in [1.165, 1.54) is 19.2 Å². The molecule has 0 saturated heterocycles. The van der Waals surface area contributed by atoms with E-state index in [2.05, 4.69) is 4.72 Å². The molecule has 2 aromatic carbocycles. The van der Waals surface area contributed by atoms with Crippen LogP contribution in [-0.4, -0.2) is 22.1 Å². The Labute approximate surface area is 133 Å². The van der Waals surface area contributed by atoms with Crippen molar-refractivity contribution >= 4 is 21.6 Å². The normalized spacial score (nSPS) is 11.4. The molecule has 7 heteroatoms. The predicted octanol–water partition coefficient (Wildman–Crippen LogP) is 3.01. The van der Waals surface area contributed by atoms with Crippen molar-refractivity contribution in [1.29, 1.82) is 0 Å². The molecular weight excluding hydrogens is 329 g/mol. The second-order valence-electron chi connectivity index (χ2n) is 4.57. The lowest BCUT2D eigenvalue weighted by Gasteiger charge is -2.08. The average Bonchev–Trinajstić information content (AvgIpc) is 2.48. The van der Waals surface area contributed by atoms with Crippen LogP contribution >= 0.6 is 11.6 Å². The largest absolute Gasteiger partial charge is 0.495 e. The molecule has 0 heterocycles. The van der Waals surface area contributed by atoms with E-state index in [1.54, 1.807) is 12.1 Å². The smallest absolute Gasteiger partial charge is 0.240 e. The number of rotatable bonds is 6. The van der Waals surface area contributed by atoms with Crippen LogP contribution in [0.2, 0.25) is 5.02 Å². The van der Waals surface area contributed by atoms with Crippen LogP contribution in [0.3, 0.4) is 0 Å². The first-order valence-electron chi connectivity index (χ1n) is 6.50. The Kier molecular flexibility index (Phi) is 5.39. The van der Waals surface area contributed by atoms with E-state index >= 15 is 0 Å². The third kappa shape index (κ3) is 4.19. The van der Waals surface area contributed by atoms with Gasteiger partial charge in [-0.05, 0) is 48.4 Å². The standard InChI is InChI=1S/C15H15ClFNO3S/c1-21-15-7-2-11(10-14(15)16)8-9-18-22(19,20)13-5-3-12(17)4-6-13/h2-7,10,18H,8-9H2,1H3. The zero-order valence-electron chi connectivity index (χ0n) is 11.8. The van der Waals surface area contributed by atoms with Gasteiger partial charge < -0.3 is 4.74 Å². The summed E-state index contributed by atoms with van der Waals surface area (Å²) in [5, 5.41) is 0.474. The van der Waals surface area contributed by atoms with Gasteiger partial charge in [-0.25, -0.2) is 17.5 Å². The number of halogens is 2. The summed E-state index contributed by atoms with van der Waals surface area (Å²) in [7, 11) is -2.12. The summed E-state index contributed by atoms with van der Waals surface area (Å²) in [6.07, 6.45) is 0.476. The van der Waals surface area contributed by atoms with Gasteiger partial charge in [0.15, 0.2) is 0 Å². The molecule has 22 heavy (non-hydrogen) atoms. The van der Waals surface area contributed by atoms with Crippen molar-refractivity contribution in [2.24, 2.45) is 0 Å². The minimum absolute atomic E-state index is 0.0293. The fourth-order valence-electron chi connectivity index (χ4n) is 1.89. The van der Waals surface area contributed by atoms with Gasteiger partial charge in [-0.1, -0.05) is 17.7 Å². The van der Waals surface area contributed by atoms with E-state index in [0.717, 1.165) is 17.7 Å². The molecule has 0 amide bonds. The first-order chi connectivity index (χ1) is 10.4. The van der Waals surface area contributed by atoms with Gasteiger partial charge in [-0.3, -0.25) is 0 Å². The van der Waals surface area contributed by atoms with Gasteiger partial charge in [0.2, 0.25) is 10.0 Å². The molecule has 0 saturated carbocycles. The molecule has 1 N–H and O–H groups in total. The highest BCUT2D eigenvalue weighted by Crippen LogP contribution is 2.25. The van der Waals surface area contributed by atoms with Gasteiger partial charge in [0, 0.05) is 6.54 Å². The molecule has 2 aromatic rings.